The molecule has 0 bridgehead atoms. The van der Waals surface area contributed by atoms with E-state index in [4.69, 9.17) is 18.7 Å². The van der Waals surface area contributed by atoms with Gasteiger partial charge in [-0.15, -0.1) is 0 Å². The number of para-hydroxylation sites is 1. The normalized spacial score (nSPS) is 9.00. The number of carbonyl (C=O) groups excluding carboxylic acids is 1. The molecule has 0 saturated carbocycles. The topological polar surface area (TPSA) is 89.2 Å². The predicted octanol–water partition coefficient (Wildman–Crippen LogP) is 3.73. The Morgan fingerprint density at radius 2 is 1.30 bits per heavy atom. The van der Waals surface area contributed by atoms with Crippen LogP contribution in [0.15, 0.2) is 24.3 Å². The Labute approximate surface area is 174 Å². The standard InChI is InChI=1S/C16H27NO2Si.3CO.Cr/c1-12(2)17(13(3)4)16(18)19-14-10-8-9-11-15(14)20(5,6)7;3*1-2;/h8-13H,1-7H3;;;;. The van der Waals surface area contributed by atoms with Crippen molar-refractivity contribution in [3.8, 4) is 5.75 Å². The molecule has 0 N–H and O–H groups in total. The van der Waals surface area contributed by atoms with Crippen molar-refractivity contribution in [2.24, 2.45) is 0 Å². The van der Waals surface area contributed by atoms with Gasteiger partial charge in [0, 0.05) is 29.4 Å². The van der Waals surface area contributed by atoms with E-state index in [1.807, 2.05) is 45.9 Å². The van der Waals surface area contributed by atoms with Crippen molar-refractivity contribution >= 4 is 19.4 Å². The van der Waals surface area contributed by atoms with Crippen molar-refractivity contribution in [2.45, 2.75) is 59.4 Å². The van der Waals surface area contributed by atoms with Gasteiger partial charge in [0.15, 0.2) is 0 Å². The number of ether oxygens (including phenoxy) is 1. The fraction of sp³-hybridized carbons (Fsp3) is 0.474. The fourth-order valence-corrected chi connectivity index (χ4v) is 3.81. The first-order valence-corrected chi connectivity index (χ1v) is 11.4. The van der Waals surface area contributed by atoms with Crippen LogP contribution in [0.2, 0.25) is 19.6 Å². The number of hydrogen-bond donors (Lipinski definition) is 0. The van der Waals surface area contributed by atoms with Crippen LogP contribution < -0.4 is 9.92 Å². The minimum atomic E-state index is -1.53. The molecule has 0 heterocycles. The summed E-state index contributed by atoms with van der Waals surface area (Å²) >= 11 is 0. The Balaban J connectivity index is -0.000000342. The van der Waals surface area contributed by atoms with Crippen LogP contribution in [0.1, 0.15) is 27.7 Å². The minimum Gasteiger partial charge on any atom is 0 e. The maximum atomic E-state index is 12.4. The minimum absolute atomic E-state index is 0. The van der Waals surface area contributed by atoms with E-state index in [9.17, 15) is 4.79 Å². The summed E-state index contributed by atoms with van der Waals surface area (Å²) in [7, 11) is -1.53. The first kappa shape index (κ1) is 33.1. The van der Waals surface area contributed by atoms with E-state index in [1.54, 1.807) is 4.90 Å². The van der Waals surface area contributed by atoms with Gasteiger partial charge in [-0.05, 0) is 38.9 Å². The summed E-state index contributed by atoms with van der Waals surface area (Å²) in [4.78, 5) is 14.2. The van der Waals surface area contributed by atoms with Crippen LogP contribution in [-0.2, 0) is 31.3 Å². The van der Waals surface area contributed by atoms with Crippen molar-refractivity contribution in [3.05, 3.63) is 44.2 Å². The van der Waals surface area contributed by atoms with Crippen molar-refractivity contribution < 1.29 is 40.8 Å². The van der Waals surface area contributed by atoms with E-state index in [2.05, 4.69) is 45.7 Å². The van der Waals surface area contributed by atoms with E-state index in [0.29, 0.717) is 5.75 Å². The van der Waals surface area contributed by atoms with Crippen LogP contribution >= 0.6 is 0 Å². The van der Waals surface area contributed by atoms with E-state index in [0.717, 1.165) is 0 Å². The van der Waals surface area contributed by atoms with Crippen LogP contribution in [0.25, 0.3) is 0 Å². The van der Waals surface area contributed by atoms with Crippen molar-refractivity contribution in [1.29, 1.82) is 0 Å². The van der Waals surface area contributed by atoms with Crippen LogP contribution in [0.5, 0.6) is 5.75 Å². The quantitative estimate of drug-likeness (QED) is 0.415. The maximum Gasteiger partial charge on any atom is 0 e. The zero-order chi connectivity index (χ0) is 21.5. The molecule has 0 aromatic heterocycles. The van der Waals surface area contributed by atoms with E-state index >= 15 is 0 Å². The van der Waals surface area contributed by atoms with Gasteiger partial charge in [0.25, 0.3) is 0 Å². The molecule has 0 saturated heterocycles. The summed E-state index contributed by atoms with van der Waals surface area (Å²) in [6.45, 7) is 28.3. The Morgan fingerprint density at radius 3 is 1.63 bits per heavy atom. The second kappa shape index (κ2) is 17.9. The SMILES string of the molecule is CC(C)N(C(=O)Oc1ccccc1[Si](C)(C)C)C(C)C.[C-]#[O+].[C-]#[O+].[C-]#[O+].[Cr]. The predicted molar refractivity (Wildman–Crippen MR) is 99.3 cm³/mol. The Morgan fingerprint density at radius 1 is 0.926 bits per heavy atom. The molecule has 1 amide bonds. The molecule has 0 aliphatic heterocycles. The number of nitrogens with zero attached hydrogens (tertiary/aromatic N) is 1. The Hall–Kier alpha value is -1.54. The van der Waals surface area contributed by atoms with E-state index in [1.165, 1.54) is 5.19 Å². The molecule has 1 rings (SSSR count). The first-order valence-electron chi connectivity index (χ1n) is 7.85. The first-order chi connectivity index (χ1) is 12.1. The summed E-state index contributed by atoms with van der Waals surface area (Å²) in [5, 5.41) is 1.18. The molecule has 8 heteroatoms. The third-order valence-corrected chi connectivity index (χ3v) is 5.24. The molecule has 0 atom stereocenters. The monoisotopic (exact) mass is 429 g/mol. The molecular weight excluding hydrogens is 402 g/mol. The zero-order valence-electron chi connectivity index (χ0n) is 16.9. The Bertz CT molecular complexity index is 569. The summed E-state index contributed by atoms with van der Waals surface area (Å²) in [5.41, 5.74) is 0. The van der Waals surface area contributed by atoms with Gasteiger partial charge in [0.05, 0.1) is 8.07 Å². The second-order valence-corrected chi connectivity index (χ2v) is 11.7. The number of benzene rings is 1. The van der Waals surface area contributed by atoms with Crippen LogP contribution in [-0.4, -0.2) is 31.2 Å². The summed E-state index contributed by atoms with van der Waals surface area (Å²) < 4.78 is 28.2. The van der Waals surface area contributed by atoms with Gasteiger partial charge in [-0.2, -0.15) is 0 Å². The molecule has 0 unspecified atom stereocenters. The molecule has 0 fully saturated rings. The van der Waals surface area contributed by atoms with E-state index in [-0.39, 0.29) is 35.5 Å². The van der Waals surface area contributed by atoms with Crippen LogP contribution in [0.3, 0.4) is 0 Å². The number of carbonyl (C=O) groups is 1. The van der Waals surface area contributed by atoms with Gasteiger partial charge in [0.2, 0.25) is 0 Å². The third kappa shape index (κ3) is 12.5. The molecule has 6 nitrogen and oxygen atoms in total. The van der Waals surface area contributed by atoms with Gasteiger partial charge in [-0.25, -0.2) is 4.79 Å². The average Bonchev–Trinajstić information content (AvgIpc) is 2.59. The van der Waals surface area contributed by atoms with Gasteiger partial charge in [-0.1, -0.05) is 37.8 Å². The van der Waals surface area contributed by atoms with Crippen molar-refractivity contribution in [1.82, 2.24) is 4.90 Å². The number of amides is 1. The van der Waals surface area contributed by atoms with Gasteiger partial charge < -0.3 is 9.64 Å². The van der Waals surface area contributed by atoms with Gasteiger partial charge >= 0.3 is 40.0 Å². The smallest absolute Gasteiger partial charge is 0 e. The molecule has 0 aliphatic carbocycles. The summed E-state index contributed by atoms with van der Waals surface area (Å²) in [6, 6.07) is 8.14. The zero-order valence-corrected chi connectivity index (χ0v) is 19.1. The van der Waals surface area contributed by atoms with E-state index < -0.39 is 8.07 Å². The fourth-order valence-electron chi connectivity index (χ4n) is 2.34. The molecule has 148 valence electrons. The van der Waals surface area contributed by atoms with Gasteiger partial charge in [-0.3, -0.25) is 0 Å². The molecule has 27 heavy (non-hydrogen) atoms. The van der Waals surface area contributed by atoms with Crippen molar-refractivity contribution in [3.63, 3.8) is 0 Å². The summed E-state index contributed by atoms with van der Waals surface area (Å²) in [5.74, 6) is 0.711. The summed E-state index contributed by atoms with van der Waals surface area (Å²) in [6.07, 6.45) is -0.263. The molecule has 0 aliphatic rings. The third-order valence-electron chi connectivity index (χ3n) is 3.22. The Kier molecular flexibility index (Phi) is 21.9. The molecule has 1 aromatic carbocycles. The van der Waals surface area contributed by atoms with Crippen LogP contribution in [0, 0.1) is 20.0 Å². The number of hydrogen-bond acceptors (Lipinski definition) is 2. The number of rotatable bonds is 4. The molecule has 0 spiro atoms. The average molecular weight is 430 g/mol. The van der Waals surface area contributed by atoms with Crippen LogP contribution in [0.4, 0.5) is 4.79 Å². The molecule has 1 aromatic rings. The van der Waals surface area contributed by atoms with Gasteiger partial charge in [0.1, 0.15) is 5.75 Å². The van der Waals surface area contributed by atoms with Crippen molar-refractivity contribution in [2.75, 3.05) is 0 Å². The maximum absolute atomic E-state index is 12.4. The molecule has 0 radical (unpaired) electrons. The second-order valence-electron chi connectivity index (χ2n) is 6.71. The molecular formula is C19H27CrNO5Si. The largest absolute Gasteiger partial charge is 0 e.